The number of hydrogen-bond donors (Lipinski definition) is 1. The fourth-order valence-electron chi connectivity index (χ4n) is 3.03. The number of hydrogen-bond acceptors (Lipinski definition) is 5. The maximum absolute atomic E-state index is 10.4. The molecular weight excluding hydrogens is 304 g/mol. The van der Waals surface area contributed by atoms with E-state index in [0.717, 1.165) is 21.8 Å². The Kier molecular flexibility index (Phi) is 2.44. The summed E-state index contributed by atoms with van der Waals surface area (Å²) in [5.41, 5.74) is 2.02. The monoisotopic (exact) mass is 316 g/mol. The van der Waals surface area contributed by atoms with Crippen LogP contribution in [0.15, 0.2) is 48.9 Å². The molecule has 3 aromatic heterocycles. The molecule has 0 saturated carbocycles. The summed E-state index contributed by atoms with van der Waals surface area (Å²) in [6.45, 7) is 0. The lowest BCUT2D eigenvalue weighted by Crippen LogP contribution is -1.95. The Labute approximate surface area is 135 Å². The molecule has 0 unspecified atom stereocenters. The molecular formula is C17H12N6O. The van der Waals surface area contributed by atoms with Crippen molar-refractivity contribution in [2.75, 3.05) is 0 Å². The van der Waals surface area contributed by atoms with Gasteiger partial charge in [-0.25, -0.2) is 4.98 Å². The number of benzene rings is 2. The van der Waals surface area contributed by atoms with Gasteiger partial charge in [-0.05, 0) is 22.9 Å². The van der Waals surface area contributed by atoms with Gasteiger partial charge in [0, 0.05) is 7.05 Å². The average Bonchev–Trinajstić information content (AvgIpc) is 3.18. The Morgan fingerprint density at radius 3 is 2.62 bits per heavy atom. The first-order chi connectivity index (χ1) is 11.7. The van der Waals surface area contributed by atoms with Crippen LogP contribution in [0.1, 0.15) is 0 Å². The first-order valence-electron chi connectivity index (χ1n) is 7.46. The van der Waals surface area contributed by atoms with E-state index in [-0.39, 0.29) is 5.75 Å². The molecule has 0 spiro atoms. The van der Waals surface area contributed by atoms with Gasteiger partial charge in [0.15, 0.2) is 17.1 Å². The van der Waals surface area contributed by atoms with Gasteiger partial charge in [0.05, 0.1) is 17.1 Å². The van der Waals surface area contributed by atoms with E-state index in [0.29, 0.717) is 17.0 Å². The predicted molar refractivity (Wildman–Crippen MR) is 89.7 cm³/mol. The molecule has 3 heterocycles. The van der Waals surface area contributed by atoms with E-state index in [1.165, 1.54) is 0 Å². The van der Waals surface area contributed by atoms with E-state index in [1.807, 2.05) is 37.4 Å². The molecule has 7 heteroatoms. The Balaban J connectivity index is 1.83. The van der Waals surface area contributed by atoms with Gasteiger partial charge in [-0.1, -0.05) is 24.3 Å². The quantitative estimate of drug-likeness (QED) is 0.514. The second-order valence-corrected chi connectivity index (χ2v) is 5.68. The van der Waals surface area contributed by atoms with Crippen molar-refractivity contribution in [2.24, 2.45) is 7.05 Å². The number of rotatable bonds is 1. The highest BCUT2D eigenvalue weighted by atomic mass is 16.3. The van der Waals surface area contributed by atoms with Crippen molar-refractivity contribution >= 4 is 27.5 Å². The third kappa shape index (κ3) is 1.66. The Hall–Kier alpha value is -3.48. The van der Waals surface area contributed by atoms with Crippen molar-refractivity contribution in [1.29, 1.82) is 0 Å². The highest BCUT2D eigenvalue weighted by Crippen LogP contribution is 2.33. The summed E-state index contributed by atoms with van der Waals surface area (Å²) in [5, 5.41) is 26.0. The zero-order chi connectivity index (χ0) is 16.3. The first-order valence-corrected chi connectivity index (χ1v) is 7.46. The third-order valence-corrected chi connectivity index (χ3v) is 4.24. The Morgan fingerprint density at radius 1 is 1.00 bits per heavy atom. The number of fused-ring (bicyclic) bond motifs is 4. The van der Waals surface area contributed by atoms with Crippen LogP contribution < -0.4 is 0 Å². The summed E-state index contributed by atoms with van der Waals surface area (Å²) in [6, 6.07) is 11.5. The topological polar surface area (TPSA) is 81.1 Å². The summed E-state index contributed by atoms with van der Waals surface area (Å²) in [6.07, 6.45) is 3.37. The summed E-state index contributed by atoms with van der Waals surface area (Å²) in [4.78, 5) is 4.42. The van der Waals surface area contributed by atoms with Crippen LogP contribution in [-0.2, 0) is 7.05 Å². The van der Waals surface area contributed by atoms with E-state index in [9.17, 15) is 5.11 Å². The third-order valence-electron chi connectivity index (χ3n) is 4.24. The molecule has 0 fully saturated rings. The maximum Gasteiger partial charge on any atom is 0.175 e. The van der Waals surface area contributed by atoms with Gasteiger partial charge in [-0.3, -0.25) is 9.08 Å². The van der Waals surface area contributed by atoms with Crippen molar-refractivity contribution in [3.63, 3.8) is 0 Å². The summed E-state index contributed by atoms with van der Waals surface area (Å²) in [7, 11) is 1.83. The molecule has 0 amide bonds. The van der Waals surface area contributed by atoms with Crippen LogP contribution in [0.25, 0.3) is 38.8 Å². The lowest BCUT2D eigenvalue weighted by atomic mass is 10.1. The molecule has 2 aromatic carbocycles. The van der Waals surface area contributed by atoms with Crippen LogP contribution in [-0.4, -0.2) is 34.5 Å². The van der Waals surface area contributed by atoms with E-state index < -0.39 is 0 Å². The number of aromatic nitrogens is 6. The van der Waals surface area contributed by atoms with Crippen molar-refractivity contribution in [2.45, 2.75) is 0 Å². The van der Waals surface area contributed by atoms with Crippen LogP contribution in [0.4, 0.5) is 0 Å². The second-order valence-electron chi connectivity index (χ2n) is 5.68. The van der Waals surface area contributed by atoms with Gasteiger partial charge in [0.1, 0.15) is 12.1 Å². The van der Waals surface area contributed by atoms with Crippen molar-refractivity contribution in [1.82, 2.24) is 29.4 Å². The molecule has 0 saturated heterocycles. The van der Waals surface area contributed by atoms with Crippen molar-refractivity contribution in [3.8, 4) is 17.1 Å². The fourth-order valence-corrected chi connectivity index (χ4v) is 3.03. The lowest BCUT2D eigenvalue weighted by molar-refractivity contribution is 0.477. The van der Waals surface area contributed by atoms with Gasteiger partial charge in [-0.15, -0.1) is 10.2 Å². The smallest absolute Gasteiger partial charge is 0.175 e. The molecule has 116 valence electrons. The van der Waals surface area contributed by atoms with E-state index in [2.05, 4.69) is 20.3 Å². The average molecular weight is 316 g/mol. The summed E-state index contributed by atoms with van der Waals surface area (Å²) < 4.78 is 3.46. The molecule has 0 radical (unpaired) electrons. The van der Waals surface area contributed by atoms with E-state index >= 15 is 0 Å². The second kappa shape index (κ2) is 4.51. The zero-order valence-corrected chi connectivity index (χ0v) is 12.7. The maximum atomic E-state index is 10.4. The minimum absolute atomic E-state index is 0.161. The Bertz CT molecular complexity index is 1240. The lowest BCUT2D eigenvalue weighted by Gasteiger charge is -2.06. The van der Waals surface area contributed by atoms with Crippen LogP contribution in [0.5, 0.6) is 5.75 Å². The van der Waals surface area contributed by atoms with E-state index in [4.69, 9.17) is 0 Å². The first kappa shape index (κ1) is 13.0. The highest BCUT2D eigenvalue weighted by molar-refractivity contribution is 5.92. The number of nitrogens with zero attached hydrogens (tertiary/aromatic N) is 6. The van der Waals surface area contributed by atoms with Gasteiger partial charge in [0.25, 0.3) is 0 Å². The molecule has 5 rings (SSSR count). The van der Waals surface area contributed by atoms with Gasteiger partial charge in [0.2, 0.25) is 0 Å². The predicted octanol–water partition coefficient (Wildman–Crippen LogP) is 2.54. The summed E-state index contributed by atoms with van der Waals surface area (Å²) >= 11 is 0. The van der Waals surface area contributed by atoms with Crippen LogP contribution in [0.3, 0.4) is 0 Å². The number of phenolic OH excluding ortho intramolecular Hbond substituents is 1. The largest absolute Gasteiger partial charge is 0.507 e. The molecule has 0 bridgehead atoms. The molecule has 0 aliphatic heterocycles. The molecule has 0 aliphatic carbocycles. The van der Waals surface area contributed by atoms with Crippen LogP contribution in [0, 0.1) is 0 Å². The SMILES string of the molecule is Cn1ncc2c1ncn1c(-c3cc4ccccc4cc3O)nnc21. The number of phenols is 1. The molecule has 1 N–H and O–H groups in total. The molecule has 0 aliphatic rings. The molecule has 0 atom stereocenters. The zero-order valence-electron chi connectivity index (χ0n) is 12.7. The van der Waals surface area contributed by atoms with Crippen LogP contribution in [0.2, 0.25) is 0 Å². The standard InChI is InChI=1S/C17H12N6O/c1-22-15-13(8-19-22)17-21-20-16(23(17)9-18-15)12-6-10-4-2-3-5-11(10)7-14(12)24/h2-9,24H,1H3. The van der Waals surface area contributed by atoms with Crippen molar-refractivity contribution in [3.05, 3.63) is 48.9 Å². The normalized spacial score (nSPS) is 11.7. The number of aromatic hydroxyl groups is 1. The fraction of sp³-hybridized carbons (Fsp3) is 0.0588. The minimum Gasteiger partial charge on any atom is -0.507 e. The Morgan fingerprint density at radius 2 is 1.79 bits per heavy atom. The summed E-state index contributed by atoms with van der Waals surface area (Å²) in [5.74, 6) is 0.709. The molecule has 24 heavy (non-hydrogen) atoms. The molecule has 5 aromatic rings. The molecule has 7 nitrogen and oxygen atoms in total. The number of aryl methyl sites for hydroxylation is 1. The van der Waals surface area contributed by atoms with Gasteiger partial charge in [-0.2, -0.15) is 5.10 Å². The van der Waals surface area contributed by atoms with Crippen molar-refractivity contribution < 1.29 is 5.11 Å². The van der Waals surface area contributed by atoms with E-state index in [1.54, 1.807) is 27.7 Å². The van der Waals surface area contributed by atoms with Gasteiger partial charge < -0.3 is 5.11 Å². The van der Waals surface area contributed by atoms with Gasteiger partial charge >= 0.3 is 0 Å². The highest BCUT2D eigenvalue weighted by Gasteiger charge is 2.16. The minimum atomic E-state index is 0.161. The van der Waals surface area contributed by atoms with Crippen LogP contribution >= 0.6 is 0 Å².